The molecule has 3 aromatic carbocycles. The zero-order valence-electron chi connectivity index (χ0n) is 14.6. The van der Waals surface area contributed by atoms with E-state index in [-0.39, 0.29) is 5.91 Å². The number of halogens is 2. The molecule has 1 amide bonds. The van der Waals surface area contributed by atoms with Crippen molar-refractivity contribution >= 4 is 33.4 Å². The number of rotatable bonds is 7. The van der Waals surface area contributed by atoms with E-state index in [0.29, 0.717) is 29.5 Å². The monoisotopic (exact) mass is 443 g/mol. The van der Waals surface area contributed by atoms with E-state index >= 15 is 0 Å². The molecule has 0 atom stereocenters. The summed E-state index contributed by atoms with van der Waals surface area (Å²) in [5.41, 5.74) is 2.67. The van der Waals surface area contributed by atoms with Gasteiger partial charge in [-0.25, -0.2) is 0 Å². The quantitative estimate of drug-likeness (QED) is 0.511. The highest BCUT2D eigenvalue weighted by Crippen LogP contribution is 2.26. The van der Waals surface area contributed by atoms with Gasteiger partial charge in [0.1, 0.15) is 5.75 Å². The van der Waals surface area contributed by atoms with Gasteiger partial charge in [-0.15, -0.1) is 0 Å². The fraction of sp³-hybridized carbons (Fsp3) is 0.136. The van der Waals surface area contributed by atoms with Gasteiger partial charge in [-0.05, 0) is 51.3 Å². The standard InChI is InChI=1S/C22H19BrClNO2/c23-19-14-17(22(26)25-15-18-8-4-5-9-20(18)24)10-11-21(19)27-13-12-16-6-2-1-3-7-16/h1-11,14H,12-13,15H2,(H,25,26). The van der Waals surface area contributed by atoms with Gasteiger partial charge in [0.15, 0.2) is 0 Å². The molecule has 0 spiro atoms. The summed E-state index contributed by atoms with van der Waals surface area (Å²) in [6.45, 7) is 0.951. The number of carbonyl (C=O) groups is 1. The molecule has 1 N–H and O–H groups in total. The fourth-order valence-electron chi connectivity index (χ4n) is 2.60. The lowest BCUT2D eigenvalue weighted by molar-refractivity contribution is 0.0951. The molecule has 0 saturated carbocycles. The van der Waals surface area contributed by atoms with Crippen LogP contribution in [-0.4, -0.2) is 12.5 Å². The summed E-state index contributed by atoms with van der Waals surface area (Å²) in [6, 6.07) is 23.0. The Kier molecular flexibility index (Phi) is 6.91. The predicted molar refractivity (Wildman–Crippen MR) is 112 cm³/mol. The van der Waals surface area contributed by atoms with Crippen LogP contribution in [0.15, 0.2) is 77.3 Å². The molecule has 0 radical (unpaired) electrons. The second-order valence-corrected chi connectivity index (χ2v) is 7.26. The van der Waals surface area contributed by atoms with Gasteiger partial charge in [-0.3, -0.25) is 4.79 Å². The predicted octanol–water partition coefficient (Wildman–Crippen LogP) is 5.65. The molecular weight excluding hydrogens is 426 g/mol. The van der Waals surface area contributed by atoms with Crippen molar-refractivity contribution in [3.8, 4) is 5.75 Å². The van der Waals surface area contributed by atoms with Crippen LogP contribution in [-0.2, 0) is 13.0 Å². The molecule has 3 rings (SSSR count). The molecule has 0 aromatic heterocycles. The number of amides is 1. The summed E-state index contributed by atoms with van der Waals surface area (Å²) in [7, 11) is 0. The van der Waals surface area contributed by atoms with Gasteiger partial charge in [0.25, 0.3) is 5.91 Å². The van der Waals surface area contributed by atoms with Crippen LogP contribution >= 0.6 is 27.5 Å². The maximum Gasteiger partial charge on any atom is 0.251 e. The Labute approximate surface area is 172 Å². The summed E-state index contributed by atoms with van der Waals surface area (Å²) in [4.78, 5) is 12.4. The van der Waals surface area contributed by atoms with Crippen molar-refractivity contribution in [2.75, 3.05) is 6.61 Å². The van der Waals surface area contributed by atoms with E-state index in [9.17, 15) is 4.79 Å². The zero-order chi connectivity index (χ0) is 19.1. The van der Waals surface area contributed by atoms with Crippen molar-refractivity contribution in [2.24, 2.45) is 0 Å². The van der Waals surface area contributed by atoms with E-state index in [1.807, 2.05) is 36.4 Å². The van der Waals surface area contributed by atoms with Gasteiger partial charge >= 0.3 is 0 Å². The minimum atomic E-state index is -0.161. The van der Waals surface area contributed by atoms with Gasteiger partial charge in [0.05, 0.1) is 11.1 Å². The van der Waals surface area contributed by atoms with Crippen LogP contribution in [0.1, 0.15) is 21.5 Å². The Morgan fingerprint density at radius 1 is 1.00 bits per heavy atom. The Balaban J connectivity index is 1.55. The molecule has 0 aliphatic carbocycles. The van der Waals surface area contributed by atoms with Crippen LogP contribution in [0, 0.1) is 0 Å². The average molecular weight is 445 g/mol. The molecule has 138 valence electrons. The minimum Gasteiger partial charge on any atom is -0.492 e. The third kappa shape index (κ3) is 5.59. The maximum absolute atomic E-state index is 12.4. The first kappa shape index (κ1) is 19.5. The first-order valence-corrected chi connectivity index (χ1v) is 9.78. The molecule has 0 aliphatic heterocycles. The summed E-state index contributed by atoms with van der Waals surface area (Å²) in [6.07, 6.45) is 0.827. The van der Waals surface area contributed by atoms with Crippen molar-refractivity contribution < 1.29 is 9.53 Å². The average Bonchev–Trinajstić information content (AvgIpc) is 2.69. The molecule has 0 aliphatic rings. The summed E-state index contributed by atoms with van der Waals surface area (Å²) >= 11 is 9.60. The number of carbonyl (C=O) groups excluding carboxylic acids is 1. The molecule has 3 aromatic rings. The van der Waals surface area contributed by atoms with Crippen LogP contribution < -0.4 is 10.1 Å². The SMILES string of the molecule is O=C(NCc1ccccc1Cl)c1ccc(OCCc2ccccc2)c(Br)c1. The Hall–Kier alpha value is -2.30. The highest BCUT2D eigenvalue weighted by Gasteiger charge is 2.10. The smallest absolute Gasteiger partial charge is 0.251 e. The number of hydrogen-bond donors (Lipinski definition) is 1. The molecule has 0 unspecified atom stereocenters. The van der Waals surface area contributed by atoms with Crippen LogP contribution in [0.25, 0.3) is 0 Å². The van der Waals surface area contributed by atoms with E-state index in [1.165, 1.54) is 5.56 Å². The first-order valence-electron chi connectivity index (χ1n) is 8.61. The Bertz CT molecular complexity index is 915. The molecule has 3 nitrogen and oxygen atoms in total. The lowest BCUT2D eigenvalue weighted by Gasteiger charge is -2.11. The van der Waals surface area contributed by atoms with Gasteiger partial charge in [0.2, 0.25) is 0 Å². The van der Waals surface area contributed by atoms with Crippen LogP contribution in [0.5, 0.6) is 5.75 Å². The number of ether oxygens (including phenoxy) is 1. The zero-order valence-corrected chi connectivity index (χ0v) is 17.0. The minimum absolute atomic E-state index is 0.161. The van der Waals surface area contributed by atoms with E-state index in [4.69, 9.17) is 16.3 Å². The summed E-state index contributed by atoms with van der Waals surface area (Å²) in [5, 5.41) is 3.52. The number of hydrogen-bond acceptors (Lipinski definition) is 2. The summed E-state index contributed by atoms with van der Waals surface area (Å²) in [5.74, 6) is 0.556. The second kappa shape index (κ2) is 9.58. The van der Waals surface area contributed by atoms with E-state index in [0.717, 1.165) is 16.5 Å². The topological polar surface area (TPSA) is 38.3 Å². The lowest BCUT2D eigenvalue weighted by atomic mass is 10.1. The van der Waals surface area contributed by atoms with Gasteiger partial charge in [-0.2, -0.15) is 0 Å². The van der Waals surface area contributed by atoms with Crippen LogP contribution in [0.2, 0.25) is 5.02 Å². The summed E-state index contributed by atoms with van der Waals surface area (Å²) < 4.78 is 6.58. The maximum atomic E-state index is 12.4. The number of nitrogens with one attached hydrogen (secondary N) is 1. The Morgan fingerprint density at radius 2 is 1.74 bits per heavy atom. The fourth-order valence-corrected chi connectivity index (χ4v) is 3.30. The van der Waals surface area contributed by atoms with Crippen molar-refractivity contribution in [2.45, 2.75) is 13.0 Å². The largest absolute Gasteiger partial charge is 0.492 e. The lowest BCUT2D eigenvalue weighted by Crippen LogP contribution is -2.22. The van der Waals surface area contributed by atoms with E-state index in [2.05, 4.69) is 33.4 Å². The molecule has 5 heteroatoms. The van der Waals surface area contributed by atoms with Gasteiger partial charge in [0, 0.05) is 23.6 Å². The van der Waals surface area contributed by atoms with Gasteiger partial charge in [-0.1, -0.05) is 60.1 Å². The van der Waals surface area contributed by atoms with Crippen LogP contribution in [0.3, 0.4) is 0 Å². The molecule has 27 heavy (non-hydrogen) atoms. The van der Waals surface area contributed by atoms with Crippen molar-refractivity contribution in [3.05, 3.63) is 99.0 Å². The van der Waals surface area contributed by atoms with Crippen LogP contribution in [0.4, 0.5) is 0 Å². The molecule has 0 saturated heterocycles. The van der Waals surface area contributed by atoms with Crippen molar-refractivity contribution in [1.29, 1.82) is 0 Å². The molecule has 0 fully saturated rings. The molecular formula is C22H19BrClNO2. The first-order chi connectivity index (χ1) is 13.1. The Morgan fingerprint density at radius 3 is 2.48 bits per heavy atom. The third-order valence-corrected chi connectivity index (χ3v) is 5.07. The van der Waals surface area contributed by atoms with Crippen molar-refractivity contribution in [3.63, 3.8) is 0 Å². The second-order valence-electron chi connectivity index (χ2n) is 6.00. The van der Waals surface area contributed by atoms with E-state index in [1.54, 1.807) is 24.3 Å². The molecule has 0 bridgehead atoms. The third-order valence-electron chi connectivity index (χ3n) is 4.08. The molecule has 0 heterocycles. The van der Waals surface area contributed by atoms with Crippen molar-refractivity contribution in [1.82, 2.24) is 5.32 Å². The normalized spacial score (nSPS) is 10.4. The number of benzene rings is 3. The van der Waals surface area contributed by atoms with E-state index < -0.39 is 0 Å². The van der Waals surface area contributed by atoms with Gasteiger partial charge < -0.3 is 10.1 Å². The highest BCUT2D eigenvalue weighted by molar-refractivity contribution is 9.10. The highest BCUT2D eigenvalue weighted by atomic mass is 79.9.